The van der Waals surface area contributed by atoms with Crippen LogP contribution in [-0.2, 0) is 19.5 Å². The average Bonchev–Trinajstić information content (AvgIpc) is 2.66. The van der Waals surface area contributed by atoms with Gasteiger partial charge in [0, 0.05) is 32.6 Å². The van der Waals surface area contributed by atoms with Crippen molar-refractivity contribution in [2.45, 2.75) is 45.7 Å². The molecule has 136 valence electrons. The molecule has 6 heteroatoms. The minimum Gasteiger partial charge on any atom is -0.508 e. The fraction of sp³-hybridized carbons (Fsp3) is 0.450. The summed E-state index contributed by atoms with van der Waals surface area (Å²) in [5.74, 6) is 0.979. The molecule has 2 aliphatic rings. The summed E-state index contributed by atoms with van der Waals surface area (Å²) in [5, 5.41) is 9.67. The number of nitrogens with zero attached hydrogens (tertiary/aromatic N) is 3. The number of aryl methyl sites for hydroxylation is 1. The number of aromatic nitrogens is 2. The van der Waals surface area contributed by atoms with Gasteiger partial charge in [-0.25, -0.2) is 4.98 Å². The predicted octanol–water partition coefficient (Wildman–Crippen LogP) is 2.32. The molecule has 0 saturated heterocycles. The van der Waals surface area contributed by atoms with E-state index in [0.717, 1.165) is 73.4 Å². The Balaban J connectivity index is 1.54. The first-order chi connectivity index (χ1) is 12.6. The van der Waals surface area contributed by atoms with E-state index < -0.39 is 0 Å². The van der Waals surface area contributed by atoms with Crippen LogP contribution in [0.1, 0.15) is 47.5 Å². The highest BCUT2D eigenvalue weighted by Gasteiger charge is 2.22. The van der Waals surface area contributed by atoms with Crippen molar-refractivity contribution in [1.29, 1.82) is 0 Å². The van der Waals surface area contributed by atoms with Crippen LogP contribution in [0.25, 0.3) is 0 Å². The predicted molar refractivity (Wildman–Crippen MR) is 101 cm³/mol. The SMILES string of the molecule is Cc1cc(CN2CCc3nc(C4=NCCCC4)[nH]c(=O)c3C2)ccc1O. The zero-order valence-electron chi connectivity index (χ0n) is 15.1. The summed E-state index contributed by atoms with van der Waals surface area (Å²) in [6.07, 6.45) is 3.90. The number of hydrogen-bond donors (Lipinski definition) is 2. The van der Waals surface area contributed by atoms with Crippen LogP contribution < -0.4 is 5.56 Å². The summed E-state index contributed by atoms with van der Waals surface area (Å²) >= 11 is 0. The molecule has 26 heavy (non-hydrogen) atoms. The van der Waals surface area contributed by atoms with Crippen LogP contribution >= 0.6 is 0 Å². The molecular weight excluding hydrogens is 328 g/mol. The van der Waals surface area contributed by atoms with E-state index in [9.17, 15) is 9.90 Å². The molecule has 2 N–H and O–H groups in total. The molecule has 4 rings (SSSR count). The summed E-state index contributed by atoms with van der Waals surface area (Å²) in [5.41, 5.74) is 4.60. The fourth-order valence-corrected chi connectivity index (χ4v) is 3.72. The van der Waals surface area contributed by atoms with E-state index in [1.54, 1.807) is 6.07 Å². The third-order valence-electron chi connectivity index (χ3n) is 5.21. The summed E-state index contributed by atoms with van der Waals surface area (Å²) in [6, 6.07) is 5.66. The Morgan fingerprint density at radius 1 is 1.27 bits per heavy atom. The summed E-state index contributed by atoms with van der Waals surface area (Å²) in [6.45, 7) is 4.96. The summed E-state index contributed by atoms with van der Waals surface area (Å²) < 4.78 is 0. The Morgan fingerprint density at radius 2 is 2.15 bits per heavy atom. The number of rotatable bonds is 3. The molecule has 0 saturated carbocycles. The Labute approximate surface area is 152 Å². The van der Waals surface area contributed by atoms with E-state index in [4.69, 9.17) is 4.98 Å². The van der Waals surface area contributed by atoms with Crippen molar-refractivity contribution < 1.29 is 5.11 Å². The molecule has 0 aliphatic carbocycles. The number of phenols is 1. The largest absolute Gasteiger partial charge is 0.508 e. The van der Waals surface area contributed by atoms with E-state index in [-0.39, 0.29) is 5.56 Å². The number of H-pyrrole nitrogens is 1. The lowest BCUT2D eigenvalue weighted by atomic mass is 10.0. The molecule has 0 spiro atoms. The number of aromatic hydroxyl groups is 1. The van der Waals surface area contributed by atoms with Crippen LogP contribution in [0.5, 0.6) is 5.75 Å². The van der Waals surface area contributed by atoms with Crippen LogP contribution in [0.3, 0.4) is 0 Å². The van der Waals surface area contributed by atoms with Gasteiger partial charge in [0.1, 0.15) is 5.75 Å². The lowest BCUT2D eigenvalue weighted by Gasteiger charge is -2.28. The highest BCUT2D eigenvalue weighted by molar-refractivity contribution is 5.97. The van der Waals surface area contributed by atoms with Gasteiger partial charge in [-0.15, -0.1) is 0 Å². The van der Waals surface area contributed by atoms with E-state index in [0.29, 0.717) is 18.1 Å². The molecule has 0 unspecified atom stereocenters. The highest BCUT2D eigenvalue weighted by atomic mass is 16.3. The number of fused-ring (bicyclic) bond motifs is 1. The third kappa shape index (κ3) is 3.42. The smallest absolute Gasteiger partial charge is 0.255 e. The van der Waals surface area contributed by atoms with Crippen molar-refractivity contribution in [2.24, 2.45) is 4.99 Å². The number of nitrogens with one attached hydrogen (secondary N) is 1. The van der Waals surface area contributed by atoms with Gasteiger partial charge < -0.3 is 10.1 Å². The van der Waals surface area contributed by atoms with Gasteiger partial charge in [0.2, 0.25) is 0 Å². The second kappa shape index (κ2) is 7.03. The Bertz CT molecular complexity index is 917. The zero-order chi connectivity index (χ0) is 18.1. The minimum atomic E-state index is -0.0372. The van der Waals surface area contributed by atoms with Gasteiger partial charge in [-0.05, 0) is 43.4 Å². The van der Waals surface area contributed by atoms with Gasteiger partial charge in [-0.1, -0.05) is 12.1 Å². The monoisotopic (exact) mass is 352 g/mol. The van der Waals surface area contributed by atoms with E-state index >= 15 is 0 Å². The molecule has 0 fully saturated rings. The van der Waals surface area contributed by atoms with Crippen molar-refractivity contribution >= 4 is 5.71 Å². The third-order valence-corrected chi connectivity index (χ3v) is 5.21. The minimum absolute atomic E-state index is 0.0372. The molecule has 1 aromatic heterocycles. The molecular formula is C20H24N4O2. The quantitative estimate of drug-likeness (QED) is 0.888. The first-order valence-electron chi connectivity index (χ1n) is 9.27. The van der Waals surface area contributed by atoms with Crippen molar-refractivity contribution in [3.05, 3.63) is 56.8 Å². The highest BCUT2D eigenvalue weighted by Crippen LogP contribution is 2.21. The van der Waals surface area contributed by atoms with Crippen LogP contribution in [0.15, 0.2) is 28.0 Å². The topological polar surface area (TPSA) is 81.6 Å². The van der Waals surface area contributed by atoms with E-state index in [1.165, 1.54) is 0 Å². The lowest BCUT2D eigenvalue weighted by Crippen LogP contribution is -2.36. The number of hydrogen-bond acceptors (Lipinski definition) is 5. The number of phenolic OH excluding ortho intramolecular Hbond substituents is 1. The Hall–Kier alpha value is -2.47. The van der Waals surface area contributed by atoms with Crippen molar-refractivity contribution in [2.75, 3.05) is 13.1 Å². The van der Waals surface area contributed by atoms with Crippen molar-refractivity contribution in [1.82, 2.24) is 14.9 Å². The number of aromatic amines is 1. The van der Waals surface area contributed by atoms with Gasteiger partial charge in [0.25, 0.3) is 5.56 Å². The molecule has 6 nitrogen and oxygen atoms in total. The average molecular weight is 352 g/mol. The first-order valence-corrected chi connectivity index (χ1v) is 9.27. The molecule has 0 bridgehead atoms. The van der Waals surface area contributed by atoms with Crippen LogP contribution in [0, 0.1) is 6.92 Å². The maximum atomic E-state index is 12.6. The fourth-order valence-electron chi connectivity index (χ4n) is 3.72. The molecule has 0 amide bonds. The van der Waals surface area contributed by atoms with Gasteiger partial charge in [-0.3, -0.25) is 14.7 Å². The standard InChI is InChI=1S/C20H24N4O2/c1-13-10-14(5-6-18(13)25)11-24-9-7-16-15(12-24)20(26)23-19(22-16)17-4-2-3-8-21-17/h5-6,10,25H,2-4,7-9,11-12H2,1H3,(H,22,23,26). The number of benzene rings is 1. The zero-order valence-corrected chi connectivity index (χ0v) is 15.1. The van der Waals surface area contributed by atoms with Crippen LogP contribution in [0.2, 0.25) is 0 Å². The van der Waals surface area contributed by atoms with E-state index in [1.807, 2.05) is 19.1 Å². The summed E-state index contributed by atoms with van der Waals surface area (Å²) in [7, 11) is 0. The van der Waals surface area contributed by atoms with Gasteiger partial charge >= 0.3 is 0 Å². The molecule has 2 aliphatic heterocycles. The molecule has 3 heterocycles. The Kier molecular flexibility index (Phi) is 4.59. The summed E-state index contributed by atoms with van der Waals surface area (Å²) in [4.78, 5) is 27.1. The molecule has 2 aromatic rings. The maximum absolute atomic E-state index is 12.6. The van der Waals surface area contributed by atoms with Gasteiger partial charge in [0.05, 0.1) is 17.0 Å². The lowest BCUT2D eigenvalue weighted by molar-refractivity contribution is 0.241. The molecule has 1 aromatic carbocycles. The maximum Gasteiger partial charge on any atom is 0.255 e. The number of aliphatic imine (C=N–C) groups is 1. The van der Waals surface area contributed by atoms with E-state index in [2.05, 4.69) is 14.9 Å². The Morgan fingerprint density at radius 3 is 2.92 bits per heavy atom. The molecule has 0 radical (unpaired) electrons. The normalized spacial score (nSPS) is 17.7. The second-order valence-corrected chi connectivity index (χ2v) is 7.21. The van der Waals surface area contributed by atoms with Crippen molar-refractivity contribution in [3.63, 3.8) is 0 Å². The van der Waals surface area contributed by atoms with Gasteiger partial charge in [-0.2, -0.15) is 0 Å². The van der Waals surface area contributed by atoms with Gasteiger partial charge in [0.15, 0.2) is 5.82 Å². The van der Waals surface area contributed by atoms with Crippen LogP contribution in [0.4, 0.5) is 0 Å². The van der Waals surface area contributed by atoms with Crippen molar-refractivity contribution in [3.8, 4) is 5.75 Å². The molecule has 0 atom stereocenters. The second-order valence-electron chi connectivity index (χ2n) is 7.21. The first kappa shape index (κ1) is 17.0. The van der Waals surface area contributed by atoms with Crippen LogP contribution in [-0.4, -0.2) is 38.8 Å².